The van der Waals surface area contributed by atoms with Gasteiger partial charge in [0.15, 0.2) is 0 Å². The van der Waals surface area contributed by atoms with Gasteiger partial charge in [-0.1, -0.05) is 30.5 Å². The minimum Gasteiger partial charge on any atom is -0.346 e. The van der Waals surface area contributed by atoms with Crippen LogP contribution in [0.1, 0.15) is 47.8 Å². The molecule has 2 heterocycles. The van der Waals surface area contributed by atoms with Crippen molar-refractivity contribution in [1.29, 1.82) is 0 Å². The van der Waals surface area contributed by atoms with E-state index in [2.05, 4.69) is 21.0 Å². The van der Waals surface area contributed by atoms with Crippen LogP contribution in [-0.2, 0) is 6.54 Å². The quantitative estimate of drug-likeness (QED) is 0.701. The maximum atomic E-state index is 12.4. The van der Waals surface area contributed by atoms with Crippen molar-refractivity contribution >= 4 is 17.5 Å². The van der Waals surface area contributed by atoms with Crippen molar-refractivity contribution in [2.45, 2.75) is 38.3 Å². The second kappa shape index (κ2) is 7.92. The van der Waals surface area contributed by atoms with Crippen molar-refractivity contribution in [3.8, 4) is 11.3 Å². The summed E-state index contributed by atoms with van der Waals surface area (Å²) < 4.78 is 2.13. The number of benzene rings is 1. The van der Waals surface area contributed by atoms with Gasteiger partial charge in [0.2, 0.25) is 0 Å². The molecular weight excluding hydrogens is 360 g/mol. The number of amides is 1. The molecule has 138 valence electrons. The first-order chi connectivity index (χ1) is 13.2. The van der Waals surface area contributed by atoms with Gasteiger partial charge in [-0.3, -0.25) is 14.5 Å². The Labute approximate surface area is 163 Å². The monoisotopic (exact) mass is 380 g/mol. The third kappa shape index (κ3) is 4.03. The molecule has 1 amide bonds. The summed E-state index contributed by atoms with van der Waals surface area (Å²) in [6, 6.07) is 13.4. The molecule has 0 radical (unpaired) electrons. The van der Waals surface area contributed by atoms with Gasteiger partial charge >= 0.3 is 0 Å². The molecule has 1 aromatic carbocycles. The lowest BCUT2D eigenvalue weighted by atomic mass is 10.1. The second-order valence-corrected chi connectivity index (χ2v) is 7.27. The Balaban J connectivity index is 1.55. The lowest BCUT2D eigenvalue weighted by Crippen LogP contribution is -2.23. The third-order valence-corrected chi connectivity index (χ3v) is 5.18. The molecule has 27 heavy (non-hydrogen) atoms. The number of nitrogens with zero attached hydrogens (tertiary/aromatic N) is 3. The van der Waals surface area contributed by atoms with Crippen LogP contribution in [0.4, 0.5) is 0 Å². The van der Waals surface area contributed by atoms with E-state index in [-0.39, 0.29) is 5.91 Å². The Morgan fingerprint density at radius 1 is 1.15 bits per heavy atom. The van der Waals surface area contributed by atoms with Gasteiger partial charge in [-0.2, -0.15) is 5.10 Å². The molecule has 1 saturated carbocycles. The highest BCUT2D eigenvalue weighted by molar-refractivity contribution is 6.30. The first-order valence-corrected chi connectivity index (χ1v) is 9.61. The smallest absolute Gasteiger partial charge is 0.251 e. The minimum absolute atomic E-state index is 0.154. The van der Waals surface area contributed by atoms with E-state index < -0.39 is 0 Å². The average Bonchev–Trinajstić information content (AvgIpc) is 3.36. The van der Waals surface area contributed by atoms with Crippen LogP contribution in [-0.4, -0.2) is 20.7 Å². The standard InChI is InChI=1S/C21H21ClN4O/c22-17-5-3-4-16(12-17)21(27)24-14-18-13-20(15-8-10-23-11-9-15)26(25-18)19-6-1-2-7-19/h3-5,8-13,19H,1-2,6-7,14H2,(H,24,27). The zero-order chi connectivity index (χ0) is 18.6. The maximum absolute atomic E-state index is 12.4. The van der Waals surface area contributed by atoms with E-state index >= 15 is 0 Å². The second-order valence-electron chi connectivity index (χ2n) is 6.83. The van der Waals surface area contributed by atoms with Crippen LogP contribution < -0.4 is 5.32 Å². The highest BCUT2D eigenvalue weighted by atomic mass is 35.5. The maximum Gasteiger partial charge on any atom is 0.251 e. The van der Waals surface area contributed by atoms with Crippen LogP contribution in [0, 0.1) is 0 Å². The largest absolute Gasteiger partial charge is 0.346 e. The molecule has 0 bridgehead atoms. The fourth-order valence-electron chi connectivity index (χ4n) is 3.60. The van der Waals surface area contributed by atoms with E-state index in [4.69, 9.17) is 16.7 Å². The molecule has 3 aromatic rings. The highest BCUT2D eigenvalue weighted by Crippen LogP contribution is 2.33. The van der Waals surface area contributed by atoms with Crippen LogP contribution in [0.5, 0.6) is 0 Å². The van der Waals surface area contributed by atoms with Crippen LogP contribution in [0.3, 0.4) is 0 Å². The fraction of sp³-hybridized carbons (Fsp3) is 0.286. The van der Waals surface area contributed by atoms with Crippen LogP contribution in [0.2, 0.25) is 5.02 Å². The predicted octanol–water partition coefficient (Wildman–Crippen LogP) is 4.64. The van der Waals surface area contributed by atoms with Gasteiger partial charge in [-0.05, 0) is 49.2 Å². The lowest BCUT2D eigenvalue weighted by molar-refractivity contribution is 0.0950. The lowest BCUT2D eigenvalue weighted by Gasteiger charge is -2.14. The summed E-state index contributed by atoms with van der Waals surface area (Å²) in [5.41, 5.74) is 3.57. The Morgan fingerprint density at radius 3 is 2.67 bits per heavy atom. The molecule has 1 aliphatic rings. The molecule has 0 aliphatic heterocycles. The number of pyridine rings is 1. The molecule has 5 nitrogen and oxygen atoms in total. The number of carbonyl (C=O) groups is 1. The minimum atomic E-state index is -0.154. The van der Waals surface area contributed by atoms with Gasteiger partial charge in [0, 0.05) is 28.5 Å². The number of nitrogens with one attached hydrogen (secondary N) is 1. The van der Waals surface area contributed by atoms with Gasteiger partial charge in [-0.15, -0.1) is 0 Å². The number of aromatic nitrogens is 3. The molecule has 2 aromatic heterocycles. The Hall–Kier alpha value is -2.66. The molecule has 4 rings (SSSR count). The molecular formula is C21H21ClN4O. The number of halogens is 1. The van der Waals surface area contributed by atoms with Crippen molar-refractivity contribution in [2.24, 2.45) is 0 Å². The van der Waals surface area contributed by atoms with Crippen LogP contribution in [0.15, 0.2) is 54.9 Å². The number of carbonyl (C=O) groups excluding carboxylic acids is 1. The molecule has 0 atom stereocenters. The van der Waals surface area contributed by atoms with E-state index in [0.29, 0.717) is 23.2 Å². The zero-order valence-electron chi connectivity index (χ0n) is 14.9. The normalized spacial score (nSPS) is 14.4. The zero-order valence-corrected chi connectivity index (χ0v) is 15.7. The first kappa shape index (κ1) is 17.7. The van der Waals surface area contributed by atoms with E-state index in [1.54, 1.807) is 36.7 Å². The number of rotatable bonds is 5. The number of hydrogen-bond acceptors (Lipinski definition) is 3. The summed E-state index contributed by atoms with van der Waals surface area (Å²) in [6.45, 7) is 0.378. The predicted molar refractivity (Wildman–Crippen MR) is 106 cm³/mol. The van der Waals surface area contributed by atoms with Crippen LogP contribution >= 0.6 is 11.6 Å². The van der Waals surface area contributed by atoms with Crippen molar-refractivity contribution < 1.29 is 4.79 Å². The topological polar surface area (TPSA) is 59.8 Å². The van der Waals surface area contributed by atoms with E-state index in [1.807, 2.05) is 12.1 Å². The van der Waals surface area contributed by atoms with Crippen molar-refractivity contribution in [3.63, 3.8) is 0 Å². The van der Waals surface area contributed by atoms with E-state index in [1.165, 1.54) is 12.8 Å². The van der Waals surface area contributed by atoms with Crippen molar-refractivity contribution in [1.82, 2.24) is 20.1 Å². The fourth-order valence-corrected chi connectivity index (χ4v) is 3.79. The summed E-state index contributed by atoms with van der Waals surface area (Å²) in [7, 11) is 0. The summed E-state index contributed by atoms with van der Waals surface area (Å²) in [6.07, 6.45) is 8.36. The van der Waals surface area contributed by atoms with Crippen molar-refractivity contribution in [3.05, 3.63) is 71.1 Å². The number of hydrogen-bond donors (Lipinski definition) is 1. The van der Waals surface area contributed by atoms with Crippen LogP contribution in [0.25, 0.3) is 11.3 Å². The Bertz CT molecular complexity index is 932. The Morgan fingerprint density at radius 2 is 1.93 bits per heavy atom. The van der Waals surface area contributed by atoms with E-state index in [0.717, 1.165) is 29.8 Å². The Kier molecular flexibility index (Phi) is 5.21. The SMILES string of the molecule is O=C(NCc1cc(-c2ccncc2)n(C2CCCC2)n1)c1cccc(Cl)c1. The highest BCUT2D eigenvalue weighted by Gasteiger charge is 2.22. The first-order valence-electron chi connectivity index (χ1n) is 9.23. The third-order valence-electron chi connectivity index (χ3n) is 4.95. The summed E-state index contributed by atoms with van der Waals surface area (Å²) in [5, 5.41) is 8.30. The van der Waals surface area contributed by atoms with Crippen molar-refractivity contribution in [2.75, 3.05) is 0 Å². The summed E-state index contributed by atoms with van der Waals surface area (Å²) in [5.74, 6) is -0.154. The van der Waals surface area contributed by atoms with Gasteiger partial charge in [-0.25, -0.2) is 0 Å². The molecule has 6 heteroatoms. The van der Waals surface area contributed by atoms with Gasteiger partial charge in [0.05, 0.1) is 24.0 Å². The summed E-state index contributed by atoms with van der Waals surface area (Å²) >= 11 is 5.97. The average molecular weight is 381 g/mol. The molecule has 0 spiro atoms. The molecule has 1 aliphatic carbocycles. The molecule has 0 saturated heterocycles. The van der Waals surface area contributed by atoms with Gasteiger partial charge in [0.1, 0.15) is 0 Å². The summed E-state index contributed by atoms with van der Waals surface area (Å²) in [4.78, 5) is 16.5. The van der Waals surface area contributed by atoms with Gasteiger partial charge < -0.3 is 5.32 Å². The molecule has 1 N–H and O–H groups in total. The molecule has 1 fully saturated rings. The van der Waals surface area contributed by atoms with E-state index in [9.17, 15) is 4.79 Å². The molecule has 0 unspecified atom stereocenters. The van der Waals surface area contributed by atoms with Gasteiger partial charge in [0.25, 0.3) is 5.91 Å².